The summed E-state index contributed by atoms with van der Waals surface area (Å²) in [6.07, 6.45) is 3.21. The third kappa shape index (κ3) is 5.17. The Balaban J connectivity index is 3.32. The Morgan fingerprint density at radius 1 is 1.00 bits per heavy atom. The highest BCUT2D eigenvalue weighted by molar-refractivity contribution is 6.18. The van der Waals surface area contributed by atoms with Crippen molar-refractivity contribution in [1.29, 1.82) is 0 Å². The van der Waals surface area contributed by atoms with Crippen molar-refractivity contribution in [2.75, 3.05) is 26.2 Å². The topological polar surface area (TPSA) is 18.5 Å². The van der Waals surface area contributed by atoms with Crippen molar-refractivity contribution < 1.29 is 9.47 Å². The van der Waals surface area contributed by atoms with E-state index in [-0.39, 0.29) is 0 Å². The summed E-state index contributed by atoms with van der Waals surface area (Å²) in [5.74, 6) is 2.51. The number of halogens is 1. The first-order valence-electron chi connectivity index (χ1n) is 8.43. The maximum absolute atomic E-state index is 5.82. The van der Waals surface area contributed by atoms with E-state index in [4.69, 9.17) is 21.1 Å². The molecule has 2 unspecified atom stereocenters. The standard InChI is InChI=1S/C19H31ClO2/c1-6-14(3)18-12-16(22-11-9-20)13-19(15(4)7-2)17(18)8-10-21-5/h12-15H,6-11H2,1-5H3. The lowest BCUT2D eigenvalue weighted by Gasteiger charge is -2.23. The van der Waals surface area contributed by atoms with E-state index in [0.717, 1.165) is 31.6 Å². The first kappa shape index (κ1) is 19.3. The van der Waals surface area contributed by atoms with Crippen molar-refractivity contribution in [3.63, 3.8) is 0 Å². The number of methoxy groups -OCH3 is 1. The van der Waals surface area contributed by atoms with E-state index in [1.165, 1.54) is 16.7 Å². The zero-order chi connectivity index (χ0) is 16.5. The summed E-state index contributed by atoms with van der Waals surface area (Å²) < 4.78 is 11.2. The van der Waals surface area contributed by atoms with Gasteiger partial charge in [0.05, 0.1) is 12.5 Å². The van der Waals surface area contributed by atoms with Crippen LogP contribution in [0.5, 0.6) is 5.75 Å². The molecule has 0 fully saturated rings. The minimum atomic E-state index is 0.517. The maximum Gasteiger partial charge on any atom is 0.119 e. The van der Waals surface area contributed by atoms with Gasteiger partial charge in [0, 0.05) is 7.11 Å². The minimum Gasteiger partial charge on any atom is -0.492 e. The molecule has 0 amide bonds. The molecule has 2 atom stereocenters. The van der Waals surface area contributed by atoms with Crippen LogP contribution in [0.15, 0.2) is 12.1 Å². The predicted molar refractivity (Wildman–Crippen MR) is 95.6 cm³/mol. The smallest absolute Gasteiger partial charge is 0.119 e. The molecular weight excluding hydrogens is 296 g/mol. The van der Waals surface area contributed by atoms with E-state index in [2.05, 4.69) is 39.8 Å². The highest BCUT2D eigenvalue weighted by atomic mass is 35.5. The Kier molecular flexibility index (Phi) is 8.89. The van der Waals surface area contributed by atoms with E-state index in [0.29, 0.717) is 24.3 Å². The van der Waals surface area contributed by atoms with Gasteiger partial charge in [0.1, 0.15) is 12.4 Å². The summed E-state index contributed by atoms with van der Waals surface area (Å²) in [7, 11) is 1.77. The van der Waals surface area contributed by atoms with Crippen LogP contribution in [0.2, 0.25) is 0 Å². The van der Waals surface area contributed by atoms with E-state index in [9.17, 15) is 0 Å². The second kappa shape index (κ2) is 10.1. The Morgan fingerprint density at radius 2 is 1.55 bits per heavy atom. The number of alkyl halides is 1. The van der Waals surface area contributed by atoms with Gasteiger partial charge in [-0.25, -0.2) is 0 Å². The van der Waals surface area contributed by atoms with Gasteiger partial charge in [-0.15, -0.1) is 11.6 Å². The number of benzene rings is 1. The molecule has 0 bridgehead atoms. The van der Waals surface area contributed by atoms with Crippen molar-refractivity contribution in [2.45, 2.75) is 58.8 Å². The van der Waals surface area contributed by atoms with Gasteiger partial charge in [0.2, 0.25) is 0 Å². The first-order chi connectivity index (χ1) is 10.6. The Bertz CT molecular complexity index is 414. The van der Waals surface area contributed by atoms with E-state index in [1.54, 1.807) is 7.11 Å². The van der Waals surface area contributed by atoms with Crippen molar-refractivity contribution in [2.24, 2.45) is 0 Å². The quantitative estimate of drug-likeness (QED) is 0.527. The van der Waals surface area contributed by atoms with Gasteiger partial charge in [-0.1, -0.05) is 27.7 Å². The van der Waals surface area contributed by atoms with Crippen molar-refractivity contribution in [3.8, 4) is 5.75 Å². The highest BCUT2D eigenvalue weighted by Crippen LogP contribution is 2.35. The molecule has 0 N–H and O–H groups in total. The lowest BCUT2D eigenvalue weighted by atomic mass is 9.84. The molecule has 0 aliphatic rings. The summed E-state index contributed by atoms with van der Waals surface area (Å²) in [5.41, 5.74) is 4.26. The lowest BCUT2D eigenvalue weighted by molar-refractivity contribution is 0.201. The first-order valence-corrected chi connectivity index (χ1v) is 8.96. The summed E-state index contributed by atoms with van der Waals surface area (Å²) >= 11 is 5.77. The van der Waals surface area contributed by atoms with Gasteiger partial charge in [0.25, 0.3) is 0 Å². The van der Waals surface area contributed by atoms with Gasteiger partial charge in [0.15, 0.2) is 0 Å². The van der Waals surface area contributed by atoms with Crippen LogP contribution in [-0.4, -0.2) is 26.2 Å². The molecule has 0 heterocycles. The van der Waals surface area contributed by atoms with Crippen LogP contribution < -0.4 is 4.74 Å². The predicted octanol–water partition coefficient (Wildman–Crippen LogP) is 5.52. The molecule has 0 aromatic heterocycles. The average molecular weight is 327 g/mol. The van der Waals surface area contributed by atoms with E-state index < -0.39 is 0 Å². The molecule has 1 aromatic carbocycles. The number of ether oxygens (including phenoxy) is 2. The Labute approximate surface area is 141 Å². The van der Waals surface area contributed by atoms with Crippen molar-refractivity contribution >= 4 is 11.6 Å². The average Bonchev–Trinajstić information content (AvgIpc) is 2.56. The third-order valence-corrected chi connectivity index (χ3v) is 4.64. The zero-order valence-electron chi connectivity index (χ0n) is 14.7. The summed E-state index contributed by atoms with van der Waals surface area (Å²) in [5, 5.41) is 0. The second-order valence-electron chi connectivity index (χ2n) is 5.98. The fraction of sp³-hybridized carbons (Fsp3) is 0.684. The van der Waals surface area contributed by atoms with Crippen LogP contribution in [0.25, 0.3) is 0 Å². The molecule has 0 spiro atoms. The molecule has 0 aliphatic heterocycles. The van der Waals surface area contributed by atoms with Gasteiger partial charge in [-0.3, -0.25) is 0 Å². The number of rotatable bonds is 10. The van der Waals surface area contributed by atoms with E-state index in [1.807, 2.05) is 0 Å². The highest BCUT2D eigenvalue weighted by Gasteiger charge is 2.18. The molecular formula is C19H31ClO2. The molecule has 1 aromatic rings. The normalized spacial score (nSPS) is 13.9. The van der Waals surface area contributed by atoms with Crippen LogP contribution in [-0.2, 0) is 11.2 Å². The van der Waals surface area contributed by atoms with Crippen LogP contribution >= 0.6 is 11.6 Å². The zero-order valence-corrected chi connectivity index (χ0v) is 15.5. The van der Waals surface area contributed by atoms with Crippen LogP contribution in [0.4, 0.5) is 0 Å². The molecule has 2 nitrogen and oxygen atoms in total. The summed E-state index contributed by atoms with van der Waals surface area (Å²) in [6, 6.07) is 4.41. The number of hydrogen-bond acceptors (Lipinski definition) is 2. The summed E-state index contributed by atoms with van der Waals surface area (Å²) in [6.45, 7) is 10.4. The SMILES string of the molecule is CCC(C)c1cc(OCCCl)cc(C(C)CC)c1CCOC. The Morgan fingerprint density at radius 3 is 1.95 bits per heavy atom. The maximum atomic E-state index is 5.82. The molecule has 0 radical (unpaired) electrons. The lowest BCUT2D eigenvalue weighted by Crippen LogP contribution is -2.10. The molecule has 22 heavy (non-hydrogen) atoms. The van der Waals surface area contributed by atoms with Crippen LogP contribution in [0.3, 0.4) is 0 Å². The minimum absolute atomic E-state index is 0.517. The third-order valence-electron chi connectivity index (χ3n) is 4.48. The number of hydrogen-bond donors (Lipinski definition) is 0. The van der Waals surface area contributed by atoms with Crippen molar-refractivity contribution in [3.05, 3.63) is 28.8 Å². The van der Waals surface area contributed by atoms with Gasteiger partial charge >= 0.3 is 0 Å². The van der Waals surface area contributed by atoms with E-state index >= 15 is 0 Å². The van der Waals surface area contributed by atoms with Crippen LogP contribution in [0.1, 0.15) is 69.1 Å². The van der Waals surface area contributed by atoms with Gasteiger partial charge in [-0.05, 0) is 59.9 Å². The molecule has 0 saturated heterocycles. The van der Waals surface area contributed by atoms with Crippen molar-refractivity contribution in [1.82, 2.24) is 0 Å². The molecule has 3 heteroatoms. The fourth-order valence-corrected chi connectivity index (χ4v) is 2.82. The molecule has 1 rings (SSSR count). The van der Waals surface area contributed by atoms with Gasteiger partial charge < -0.3 is 9.47 Å². The van der Waals surface area contributed by atoms with Gasteiger partial charge in [-0.2, -0.15) is 0 Å². The molecule has 0 aliphatic carbocycles. The fourth-order valence-electron chi connectivity index (χ4n) is 2.74. The molecule has 126 valence electrons. The largest absolute Gasteiger partial charge is 0.492 e. The Hall–Kier alpha value is -0.730. The van der Waals surface area contributed by atoms with Crippen LogP contribution in [0, 0.1) is 0 Å². The second-order valence-corrected chi connectivity index (χ2v) is 6.36. The summed E-state index contributed by atoms with van der Waals surface area (Å²) in [4.78, 5) is 0. The monoisotopic (exact) mass is 326 g/mol. The molecule has 0 saturated carbocycles.